The van der Waals surface area contributed by atoms with Crippen molar-refractivity contribution < 1.29 is 14.3 Å². The molecule has 0 aliphatic carbocycles. The summed E-state index contributed by atoms with van der Waals surface area (Å²) in [6.07, 6.45) is 3.31. The van der Waals surface area contributed by atoms with Gasteiger partial charge in [-0.05, 0) is 37.0 Å². The van der Waals surface area contributed by atoms with E-state index in [1.807, 2.05) is 18.2 Å². The third kappa shape index (κ3) is 2.83. The molecule has 0 saturated carbocycles. The molecule has 2 bridgehead atoms. The maximum Gasteiger partial charge on any atom is 0.225 e. The molecule has 1 aromatic carbocycles. The summed E-state index contributed by atoms with van der Waals surface area (Å²) in [4.78, 5) is 12.3. The van der Waals surface area contributed by atoms with Crippen molar-refractivity contribution in [1.29, 1.82) is 0 Å². The topological polar surface area (TPSA) is 59.6 Å². The van der Waals surface area contributed by atoms with Gasteiger partial charge >= 0.3 is 0 Å². The van der Waals surface area contributed by atoms with Gasteiger partial charge in [0.2, 0.25) is 5.91 Å². The summed E-state index contributed by atoms with van der Waals surface area (Å²) in [5, 5.41) is 6.53. The van der Waals surface area contributed by atoms with Crippen molar-refractivity contribution in [3.8, 4) is 11.5 Å². The molecule has 2 saturated heterocycles. The SMILES string of the molecule is COc1ccc(CNC(=O)C2CC3CCC2N3)cc1OC. The second kappa shape index (κ2) is 5.93. The Labute approximate surface area is 125 Å². The summed E-state index contributed by atoms with van der Waals surface area (Å²) >= 11 is 0. The first-order valence-corrected chi connectivity index (χ1v) is 7.46. The van der Waals surface area contributed by atoms with Crippen molar-refractivity contribution in [3.63, 3.8) is 0 Å². The van der Waals surface area contributed by atoms with Gasteiger partial charge in [0.15, 0.2) is 11.5 Å². The highest BCUT2D eigenvalue weighted by Crippen LogP contribution is 2.33. The number of amides is 1. The smallest absolute Gasteiger partial charge is 0.225 e. The zero-order valence-electron chi connectivity index (χ0n) is 12.5. The Morgan fingerprint density at radius 2 is 2.10 bits per heavy atom. The molecule has 2 N–H and O–H groups in total. The van der Waals surface area contributed by atoms with Gasteiger partial charge in [-0.2, -0.15) is 0 Å². The van der Waals surface area contributed by atoms with E-state index in [9.17, 15) is 4.79 Å². The van der Waals surface area contributed by atoms with E-state index in [0.717, 1.165) is 18.4 Å². The van der Waals surface area contributed by atoms with Crippen LogP contribution in [0.5, 0.6) is 11.5 Å². The second-order valence-electron chi connectivity index (χ2n) is 5.80. The Kier molecular flexibility index (Phi) is 4.01. The van der Waals surface area contributed by atoms with E-state index in [2.05, 4.69) is 10.6 Å². The van der Waals surface area contributed by atoms with Crippen LogP contribution < -0.4 is 20.1 Å². The van der Waals surface area contributed by atoms with Crippen LogP contribution in [0.25, 0.3) is 0 Å². The predicted octanol–water partition coefficient (Wildman–Crippen LogP) is 1.46. The highest BCUT2D eigenvalue weighted by molar-refractivity contribution is 5.80. The van der Waals surface area contributed by atoms with E-state index in [1.54, 1.807) is 14.2 Å². The monoisotopic (exact) mass is 290 g/mol. The standard InChI is InChI=1S/C16H22N2O3/c1-20-14-6-3-10(7-15(14)21-2)9-17-16(19)12-8-11-4-5-13(12)18-11/h3,6-7,11-13,18H,4-5,8-9H2,1-2H3,(H,17,19). The van der Waals surface area contributed by atoms with Crippen molar-refractivity contribution in [2.75, 3.05) is 14.2 Å². The Hall–Kier alpha value is -1.75. The van der Waals surface area contributed by atoms with Gasteiger partial charge in [-0.15, -0.1) is 0 Å². The molecular weight excluding hydrogens is 268 g/mol. The third-order valence-corrected chi connectivity index (χ3v) is 4.55. The Bertz CT molecular complexity index is 532. The summed E-state index contributed by atoms with van der Waals surface area (Å²) in [5.41, 5.74) is 1.01. The fourth-order valence-corrected chi connectivity index (χ4v) is 3.42. The Morgan fingerprint density at radius 3 is 2.71 bits per heavy atom. The molecule has 0 spiro atoms. The van der Waals surface area contributed by atoms with E-state index in [0.29, 0.717) is 30.1 Å². The number of nitrogens with one attached hydrogen (secondary N) is 2. The number of ether oxygens (including phenoxy) is 2. The van der Waals surface area contributed by atoms with Crippen LogP contribution in [-0.4, -0.2) is 32.2 Å². The number of carbonyl (C=O) groups is 1. The van der Waals surface area contributed by atoms with Gasteiger partial charge in [-0.25, -0.2) is 0 Å². The van der Waals surface area contributed by atoms with Gasteiger partial charge in [0.05, 0.1) is 20.1 Å². The summed E-state index contributed by atoms with van der Waals surface area (Å²) in [6, 6.07) is 6.63. The maximum absolute atomic E-state index is 12.3. The Morgan fingerprint density at radius 1 is 1.29 bits per heavy atom. The van der Waals surface area contributed by atoms with Gasteiger partial charge in [0, 0.05) is 18.6 Å². The lowest BCUT2D eigenvalue weighted by Gasteiger charge is -2.19. The first-order valence-electron chi connectivity index (χ1n) is 7.46. The molecule has 3 atom stereocenters. The number of hydrogen-bond donors (Lipinski definition) is 2. The van der Waals surface area contributed by atoms with Gasteiger partial charge < -0.3 is 20.1 Å². The summed E-state index contributed by atoms with van der Waals surface area (Å²) in [5.74, 6) is 1.67. The van der Waals surface area contributed by atoms with Crippen LogP contribution in [-0.2, 0) is 11.3 Å². The zero-order valence-corrected chi connectivity index (χ0v) is 12.5. The molecule has 1 aromatic rings. The number of hydrogen-bond acceptors (Lipinski definition) is 4. The lowest BCUT2D eigenvalue weighted by atomic mass is 9.88. The minimum atomic E-state index is 0.129. The van der Waals surface area contributed by atoms with Gasteiger partial charge in [0.25, 0.3) is 0 Å². The van der Waals surface area contributed by atoms with Gasteiger partial charge in [-0.1, -0.05) is 6.07 Å². The molecule has 0 aromatic heterocycles. The molecule has 1 amide bonds. The molecule has 0 radical (unpaired) electrons. The lowest BCUT2D eigenvalue weighted by molar-refractivity contribution is -0.125. The lowest BCUT2D eigenvalue weighted by Crippen LogP contribution is -2.37. The van der Waals surface area contributed by atoms with E-state index in [-0.39, 0.29) is 11.8 Å². The molecule has 3 rings (SSSR count). The number of fused-ring (bicyclic) bond motifs is 2. The fourth-order valence-electron chi connectivity index (χ4n) is 3.42. The van der Waals surface area contributed by atoms with E-state index >= 15 is 0 Å². The number of rotatable bonds is 5. The summed E-state index contributed by atoms with van der Waals surface area (Å²) in [6.45, 7) is 0.521. The quantitative estimate of drug-likeness (QED) is 0.862. The summed E-state index contributed by atoms with van der Waals surface area (Å²) in [7, 11) is 3.22. The van der Waals surface area contributed by atoms with Crippen molar-refractivity contribution >= 4 is 5.91 Å². The average molecular weight is 290 g/mol. The van der Waals surface area contributed by atoms with Crippen molar-refractivity contribution in [3.05, 3.63) is 23.8 Å². The van der Waals surface area contributed by atoms with Crippen molar-refractivity contribution in [1.82, 2.24) is 10.6 Å². The van der Waals surface area contributed by atoms with Crippen molar-refractivity contribution in [2.24, 2.45) is 5.92 Å². The Balaban J connectivity index is 1.58. The van der Waals surface area contributed by atoms with Crippen LogP contribution in [0.4, 0.5) is 0 Å². The first-order chi connectivity index (χ1) is 10.2. The molecule has 5 heteroatoms. The van der Waals surface area contributed by atoms with Gasteiger partial charge in [0.1, 0.15) is 0 Å². The minimum Gasteiger partial charge on any atom is -0.493 e. The second-order valence-corrected chi connectivity index (χ2v) is 5.80. The molecule has 21 heavy (non-hydrogen) atoms. The molecule has 114 valence electrons. The summed E-state index contributed by atoms with van der Waals surface area (Å²) < 4.78 is 10.5. The minimum absolute atomic E-state index is 0.129. The van der Waals surface area contributed by atoms with Crippen LogP contribution in [0.1, 0.15) is 24.8 Å². The highest BCUT2D eigenvalue weighted by Gasteiger charge is 2.42. The largest absolute Gasteiger partial charge is 0.493 e. The maximum atomic E-state index is 12.3. The molecular formula is C16H22N2O3. The zero-order chi connectivity index (χ0) is 14.8. The molecule has 2 fully saturated rings. The molecule has 3 unspecified atom stereocenters. The van der Waals surface area contributed by atoms with E-state index in [4.69, 9.17) is 9.47 Å². The number of benzene rings is 1. The van der Waals surface area contributed by atoms with E-state index < -0.39 is 0 Å². The highest BCUT2D eigenvalue weighted by atomic mass is 16.5. The van der Waals surface area contributed by atoms with E-state index in [1.165, 1.54) is 6.42 Å². The molecule has 2 aliphatic rings. The van der Waals surface area contributed by atoms with Crippen LogP contribution in [0.3, 0.4) is 0 Å². The third-order valence-electron chi connectivity index (χ3n) is 4.55. The van der Waals surface area contributed by atoms with Crippen LogP contribution >= 0.6 is 0 Å². The fraction of sp³-hybridized carbons (Fsp3) is 0.562. The van der Waals surface area contributed by atoms with Gasteiger partial charge in [-0.3, -0.25) is 4.79 Å². The van der Waals surface area contributed by atoms with Crippen LogP contribution in [0.15, 0.2) is 18.2 Å². The van der Waals surface area contributed by atoms with Crippen molar-refractivity contribution in [2.45, 2.75) is 37.9 Å². The predicted molar refractivity (Wildman–Crippen MR) is 79.4 cm³/mol. The molecule has 2 aliphatic heterocycles. The average Bonchev–Trinajstić information content (AvgIpc) is 3.15. The van der Waals surface area contributed by atoms with Crippen LogP contribution in [0, 0.1) is 5.92 Å². The molecule has 5 nitrogen and oxygen atoms in total. The molecule has 2 heterocycles. The normalized spacial score (nSPS) is 26.7. The first kappa shape index (κ1) is 14.2. The number of methoxy groups -OCH3 is 2. The van der Waals surface area contributed by atoms with Crippen LogP contribution in [0.2, 0.25) is 0 Å². The number of carbonyl (C=O) groups excluding carboxylic acids is 1.